The average molecular weight is 390 g/mol. The van der Waals surface area contributed by atoms with Crippen LogP contribution < -0.4 is 9.64 Å². The van der Waals surface area contributed by atoms with Crippen molar-refractivity contribution in [3.8, 4) is 5.75 Å². The lowest BCUT2D eigenvalue weighted by Gasteiger charge is -2.40. The van der Waals surface area contributed by atoms with Gasteiger partial charge in [-0.3, -0.25) is 0 Å². The number of hydrogen-bond donors (Lipinski definition) is 0. The first kappa shape index (κ1) is 18.9. The van der Waals surface area contributed by atoms with E-state index in [9.17, 15) is 0 Å². The van der Waals surface area contributed by atoms with Gasteiger partial charge in [-0.2, -0.15) is 0 Å². The summed E-state index contributed by atoms with van der Waals surface area (Å²) in [4.78, 5) is 3.50. The third-order valence-electron chi connectivity index (χ3n) is 5.74. The fourth-order valence-corrected chi connectivity index (χ4v) is 5.75. The number of anilines is 1. The number of aryl methyl sites for hydroxylation is 1. The number of rotatable bonds is 5. The Morgan fingerprint density at radius 2 is 1.79 bits per heavy atom. The van der Waals surface area contributed by atoms with Crippen molar-refractivity contribution in [2.24, 2.45) is 0 Å². The number of nitrogens with zero attached hydrogens (tertiary/aromatic N) is 1. The van der Waals surface area contributed by atoms with Crippen LogP contribution in [0.4, 0.5) is 5.69 Å². The van der Waals surface area contributed by atoms with Gasteiger partial charge in [-0.1, -0.05) is 57.3 Å². The topological polar surface area (TPSA) is 12.5 Å². The molecule has 4 rings (SSSR count). The number of fused-ring (bicyclic) bond motifs is 3. The van der Waals surface area contributed by atoms with Gasteiger partial charge < -0.3 is 9.64 Å². The van der Waals surface area contributed by atoms with Crippen LogP contribution >= 0.6 is 11.8 Å². The molecule has 2 aliphatic heterocycles. The predicted molar refractivity (Wildman–Crippen MR) is 121 cm³/mol. The largest absolute Gasteiger partial charge is 0.468 e. The maximum Gasteiger partial charge on any atom is 0.193 e. The molecule has 0 saturated heterocycles. The Balaban J connectivity index is 1.94. The molecule has 0 fully saturated rings. The van der Waals surface area contributed by atoms with E-state index in [0.717, 1.165) is 29.2 Å². The quantitative estimate of drug-likeness (QED) is 0.563. The lowest BCUT2D eigenvalue weighted by atomic mass is 9.95. The van der Waals surface area contributed by atoms with Gasteiger partial charge in [0.05, 0.1) is 10.9 Å². The van der Waals surface area contributed by atoms with Crippen LogP contribution in [-0.4, -0.2) is 6.23 Å². The first-order valence-corrected chi connectivity index (χ1v) is 10.8. The Morgan fingerprint density at radius 1 is 1.04 bits per heavy atom. The molecule has 0 bridgehead atoms. The molecule has 0 N–H and O–H groups in total. The van der Waals surface area contributed by atoms with E-state index in [1.807, 2.05) is 30.0 Å². The van der Waals surface area contributed by atoms with Gasteiger partial charge in [-0.25, -0.2) is 0 Å². The second-order valence-corrected chi connectivity index (χ2v) is 8.36. The van der Waals surface area contributed by atoms with E-state index in [1.165, 1.54) is 27.9 Å². The Bertz CT molecular complexity index is 975. The van der Waals surface area contributed by atoms with E-state index < -0.39 is 0 Å². The highest BCUT2D eigenvalue weighted by atomic mass is 32.2. The Hall–Kier alpha value is -2.39. The van der Waals surface area contributed by atoms with Crippen LogP contribution in [0.5, 0.6) is 5.75 Å². The fraction of sp³-hybridized carbons (Fsp3) is 0.280. The Morgan fingerprint density at radius 3 is 2.46 bits per heavy atom. The average Bonchev–Trinajstić information content (AvgIpc) is 3.10. The second kappa shape index (κ2) is 7.56. The smallest absolute Gasteiger partial charge is 0.193 e. The molecule has 2 aliphatic rings. The van der Waals surface area contributed by atoms with Crippen molar-refractivity contribution in [2.75, 3.05) is 4.90 Å². The molecule has 0 aliphatic carbocycles. The van der Waals surface area contributed by atoms with Crippen LogP contribution in [0.25, 0.3) is 0 Å². The minimum absolute atomic E-state index is 0.0863. The van der Waals surface area contributed by atoms with Crippen molar-refractivity contribution >= 4 is 17.4 Å². The SMILES string of the molecule is C=CC1=C(C=C)N(c2ccc(C)c(CC)c2CC)C2Oc3ccccc3C2S1. The monoisotopic (exact) mass is 389 g/mol. The summed E-state index contributed by atoms with van der Waals surface area (Å²) in [6.45, 7) is 14.9. The number of allylic oxidation sites excluding steroid dienone is 2. The van der Waals surface area contributed by atoms with E-state index in [-0.39, 0.29) is 11.5 Å². The summed E-state index contributed by atoms with van der Waals surface area (Å²) in [5.74, 6) is 0.976. The molecule has 2 atom stereocenters. The minimum Gasteiger partial charge on any atom is -0.468 e. The van der Waals surface area contributed by atoms with Gasteiger partial charge in [-0.15, -0.1) is 11.8 Å². The number of benzene rings is 2. The van der Waals surface area contributed by atoms with Crippen molar-refractivity contribution in [3.05, 3.63) is 94.6 Å². The normalized spacial score (nSPS) is 20.5. The lowest BCUT2D eigenvalue weighted by Crippen LogP contribution is -2.42. The molecule has 0 spiro atoms. The highest BCUT2D eigenvalue weighted by Gasteiger charge is 2.44. The van der Waals surface area contributed by atoms with Gasteiger partial charge in [0, 0.05) is 16.2 Å². The van der Waals surface area contributed by atoms with Gasteiger partial charge in [0.2, 0.25) is 0 Å². The van der Waals surface area contributed by atoms with Crippen molar-refractivity contribution in [2.45, 2.75) is 45.1 Å². The summed E-state index contributed by atoms with van der Waals surface area (Å²) < 4.78 is 6.49. The number of para-hydroxylation sites is 1. The molecule has 3 heteroatoms. The summed E-state index contributed by atoms with van der Waals surface area (Å²) in [7, 11) is 0. The van der Waals surface area contributed by atoms with E-state index in [0.29, 0.717) is 0 Å². The Kier molecular flexibility index (Phi) is 5.11. The van der Waals surface area contributed by atoms with Crippen LogP contribution in [0.1, 0.15) is 41.4 Å². The van der Waals surface area contributed by atoms with Gasteiger partial charge >= 0.3 is 0 Å². The first-order chi connectivity index (χ1) is 13.6. The van der Waals surface area contributed by atoms with Crippen LogP contribution in [0.15, 0.2) is 72.3 Å². The van der Waals surface area contributed by atoms with E-state index in [4.69, 9.17) is 4.74 Å². The summed E-state index contributed by atoms with van der Waals surface area (Å²) in [6.07, 6.45) is 5.82. The summed E-state index contributed by atoms with van der Waals surface area (Å²) in [5, 5.41) is 0.212. The molecule has 0 amide bonds. The number of ether oxygens (including phenoxy) is 1. The second-order valence-electron chi connectivity index (χ2n) is 7.18. The molecule has 144 valence electrons. The van der Waals surface area contributed by atoms with Gasteiger partial charge in [0.25, 0.3) is 0 Å². The third kappa shape index (κ3) is 2.80. The highest BCUT2D eigenvalue weighted by Crippen LogP contribution is 2.54. The lowest BCUT2D eigenvalue weighted by molar-refractivity contribution is 0.231. The molecule has 2 unspecified atom stereocenters. The molecule has 2 aromatic carbocycles. The van der Waals surface area contributed by atoms with Crippen LogP contribution in [-0.2, 0) is 12.8 Å². The summed E-state index contributed by atoms with van der Waals surface area (Å²) in [5.41, 5.74) is 7.75. The van der Waals surface area contributed by atoms with Crippen LogP contribution in [0, 0.1) is 6.92 Å². The maximum atomic E-state index is 6.49. The van der Waals surface area contributed by atoms with Crippen LogP contribution in [0.3, 0.4) is 0 Å². The molecular formula is C25H27NOS. The zero-order valence-corrected chi connectivity index (χ0v) is 17.7. The molecule has 2 aromatic rings. The van der Waals surface area contributed by atoms with Crippen molar-refractivity contribution in [1.82, 2.24) is 0 Å². The minimum atomic E-state index is -0.0863. The molecular weight excluding hydrogens is 362 g/mol. The summed E-state index contributed by atoms with van der Waals surface area (Å²) in [6, 6.07) is 12.9. The fourth-order valence-electron chi connectivity index (χ4n) is 4.46. The maximum absolute atomic E-state index is 6.49. The molecule has 2 heterocycles. The third-order valence-corrected chi connectivity index (χ3v) is 7.11. The zero-order chi connectivity index (χ0) is 19.8. The molecule has 2 nitrogen and oxygen atoms in total. The standard InChI is InChI=1S/C25H27NOS/c1-6-17-16(5)14-15-21(18(17)7-2)26-20(8-3)23(9-4)28-24-19-12-10-11-13-22(19)27-25(24)26/h8-15,24-25H,3-4,6-7H2,1-2,5H3. The van der Waals surface area contributed by atoms with E-state index in [2.05, 4.69) is 69.2 Å². The summed E-state index contributed by atoms with van der Waals surface area (Å²) >= 11 is 1.83. The highest BCUT2D eigenvalue weighted by molar-refractivity contribution is 8.03. The first-order valence-electron chi connectivity index (χ1n) is 9.96. The number of hydrogen-bond acceptors (Lipinski definition) is 3. The van der Waals surface area contributed by atoms with E-state index >= 15 is 0 Å². The molecule has 0 aromatic heterocycles. The van der Waals surface area contributed by atoms with Crippen molar-refractivity contribution < 1.29 is 4.74 Å². The number of thioether (sulfide) groups is 1. The Labute approximate surface area is 172 Å². The molecule has 28 heavy (non-hydrogen) atoms. The van der Waals surface area contributed by atoms with Crippen LogP contribution in [0.2, 0.25) is 0 Å². The van der Waals surface area contributed by atoms with Crippen molar-refractivity contribution in [3.63, 3.8) is 0 Å². The van der Waals surface area contributed by atoms with Gasteiger partial charge in [0.1, 0.15) is 5.75 Å². The zero-order valence-electron chi connectivity index (χ0n) is 16.9. The van der Waals surface area contributed by atoms with Gasteiger partial charge in [-0.05, 0) is 54.7 Å². The molecule has 0 saturated carbocycles. The molecule has 0 radical (unpaired) electrons. The predicted octanol–water partition coefficient (Wildman–Crippen LogP) is 6.72. The van der Waals surface area contributed by atoms with E-state index in [1.54, 1.807) is 0 Å². The van der Waals surface area contributed by atoms with Crippen molar-refractivity contribution in [1.29, 1.82) is 0 Å². The van der Waals surface area contributed by atoms with Gasteiger partial charge in [0.15, 0.2) is 6.23 Å².